The van der Waals surface area contributed by atoms with Gasteiger partial charge in [-0.15, -0.1) is 0 Å². The van der Waals surface area contributed by atoms with E-state index in [9.17, 15) is 0 Å². The molecule has 4 aliphatic rings. The van der Waals surface area contributed by atoms with Crippen molar-refractivity contribution in [1.82, 2.24) is 5.32 Å². The van der Waals surface area contributed by atoms with Gasteiger partial charge in [-0.25, -0.2) is 0 Å². The molecule has 4 fully saturated rings. The normalized spacial score (nSPS) is 45.2. The van der Waals surface area contributed by atoms with Gasteiger partial charge in [-0.1, -0.05) is 0 Å². The first-order chi connectivity index (χ1) is 8.19. The van der Waals surface area contributed by atoms with E-state index in [4.69, 9.17) is 5.11 Å². The van der Waals surface area contributed by atoms with Crippen LogP contribution in [-0.2, 0) is 0 Å². The van der Waals surface area contributed by atoms with Crippen molar-refractivity contribution in [2.45, 2.75) is 57.9 Å². The standard InChI is InChI=1S/C15H27NO/c1-11(16-2-3-17)7-15-8-12-4-13(9-15)6-14(5-12)10-15/h11-14,16-17H,2-10H2,1H3. The predicted octanol–water partition coefficient (Wildman–Crippen LogP) is 2.56. The lowest BCUT2D eigenvalue weighted by atomic mass is 9.48. The molecule has 0 saturated heterocycles. The molecule has 4 rings (SSSR count). The Labute approximate surface area is 105 Å². The lowest BCUT2D eigenvalue weighted by Gasteiger charge is -2.57. The average molecular weight is 237 g/mol. The van der Waals surface area contributed by atoms with Gasteiger partial charge in [-0.05, 0) is 75.0 Å². The zero-order valence-electron chi connectivity index (χ0n) is 11.1. The van der Waals surface area contributed by atoms with Crippen LogP contribution in [0.2, 0.25) is 0 Å². The molecule has 17 heavy (non-hydrogen) atoms. The summed E-state index contributed by atoms with van der Waals surface area (Å²) in [6, 6.07) is 0.582. The van der Waals surface area contributed by atoms with Crippen LogP contribution in [-0.4, -0.2) is 24.3 Å². The van der Waals surface area contributed by atoms with Gasteiger partial charge in [0, 0.05) is 12.6 Å². The molecule has 4 aliphatic carbocycles. The van der Waals surface area contributed by atoms with Crippen LogP contribution in [0, 0.1) is 23.2 Å². The molecule has 2 heteroatoms. The number of nitrogens with one attached hydrogen (secondary N) is 1. The minimum absolute atomic E-state index is 0.269. The smallest absolute Gasteiger partial charge is 0.0556 e. The van der Waals surface area contributed by atoms with Crippen molar-refractivity contribution in [1.29, 1.82) is 0 Å². The van der Waals surface area contributed by atoms with Gasteiger partial charge in [0.25, 0.3) is 0 Å². The third-order valence-electron chi connectivity index (χ3n) is 5.51. The zero-order valence-corrected chi connectivity index (χ0v) is 11.1. The van der Waals surface area contributed by atoms with Crippen molar-refractivity contribution in [3.8, 4) is 0 Å². The number of hydrogen-bond donors (Lipinski definition) is 2. The molecule has 4 bridgehead atoms. The van der Waals surface area contributed by atoms with Crippen molar-refractivity contribution in [2.75, 3.05) is 13.2 Å². The molecule has 1 atom stereocenters. The molecule has 0 aromatic carbocycles. The molecule has 4 saturated carbocycles. The van der Waals surface area contributed by atoms with E-state index in [-0.39, 0.29) is 6.61 Å². The fourth-order valence-electron chi connectivity index (χ4n) is 5.57. The van der Waals surface area contributed by atoms with Gasteiger partial charge in [0.15, 0.2) is 0 Å². The van der Waals surface area contributed by atoms with Crippen LogP contribution in [0.1, 0.15) is 51.9 Å². The van der Waals surface area contributed by atoms with Crippen LogP contribution in [0.4, 0.5) is 0 Å². The van der Waals surface area contributed by atoms with E-state index in [2.05, 4.69) is 12.2 Å². The number of rotatable bonds is 5. The highest BCUT2D eigenvalue weighted by Crippen LogP contribution is 2.61. The summed E-state index contributed by atoms with van der Waals surface area (Å²) in [6.07, 6.45) is 10.5. The van der Waals surface area contributed by atoms with Gasteiger partial charge < -0.3 is 10.4 Å². The Bertz CT molecular complexity index is 241. The zero-order chi connectivity index (χ0) is 11.9. The summed E-state index contributed by atoms with van der Waals surface area (Å²) >= 11 is 0. The van der Waals surface area contributed by atoms with Crippen LogP contribution in [0.15, 0.2) is 0 Å². The Morgan fingerprint density at radius 2 is 1.65 bits per heavy atom. The molecule has 98 valence electrons. The number of aliphatic hydroxyl groups is 1. The second-order valence-corrected chi connectivity index (χ2v) is 7.20. The monoisotopic (exact) mass is 237 g/mol. The van der Waals surface area contributed by atoms with Crippen molar-refractivity contribution in [3.05, 3.63) is 0 Å². The Hall–Kier alpha value is -0.0800. The highest BCUT2D eigenvalue weighted by molar-refractivity contribution is 5.02. The van der Waals surface area contributed by atoms with E-state index in [0.29, 0.717) is 11.5 Å². The topological polar surface area (TPSA) is 32.3 Å². The van der Waals surface area contributed by atoms with Crippen LogP contribution in [0.3, 0.4) is 0 Å². The summed E-state index contributed by atoms with van der Waals surface area (Å²) < 4.78 is 0. The largest absolute Gasteiger partial charge is 0.395 e. The van der Waals surface area contributed by atoms with E-state index in [1.807, 2.05) is 0 Å². The SMILES string of the molecule is CC(CC12CC3CC(CC(C3)C1)C2)NCCO. The van der Waals surface area contributed by atoms with Crippen LogP contribution in [0.25, 0.3) is 0 Å². The molecular formula is C15H27NO. The molecule has 2 N–H and O–H groups in total. The fourth-order valence-corrected chi connectivity index (χ4v) is 5.57. The lowest BCUT2D eigenvalue weighted by molar-refractivity contribution is -0.0612. The maximum Gasteiger partial charge on any atom is 0.0556 e. The summed E-state index contributed by atoms with van der Waals surface area (Å²) in [7, 11) is 0. The van der Waals surface area contributed by atoms with Gasteiger partial charge in [-0.3, -0.25) is 0 Å². The van der Waals surface area contributed by atoms with E-state index >= 15 is 0 Å². The Balaban J connectivity index is 1.62. The van der Waals surface area contributed by atoms with Crippen LogP contribution in [0.5, 0.6) is 0 Å². The summed E-state index contributed by atoms with van der Waals surface area (Å²) in [5, 5.41) is 12.3. The minimum atomic E-state index is 0.269. The number of hydrogen-bond acceptors (Lipinski definition) is 2. The predicted molar refractivity (Wildman–Crippen MR) is 69.8 cm³/mol. The van der Waals surface area contributed by atoms with Gasteiger partial charge in [-0.2, -0.15) is 0 Å². The first-order valence-electron chi connectivity index (χ1n) is 7.53. The van der Waals surface area contributed by atoms with Gasteiger partial charge >= 0.3 is 0 Å². The highest BCUT2D eigenvalue weighted by atomic mass is 16.3. The summed E-state index contributed by atoms with van der Waals surface area (Å²) in [4.78, 5) is 0. The molecule has 0 aliphatic heterocycles. The summed E-state index contributed by atoms with van der Waals surface area (Å²) in [6.45, 7) is 3.33. The van der Waals surface area contributed by atoms with Crippen molar-refractivity contribution in [3.63, 3.8) is 0 Å². The Morgan fingerprint density at radius 1 is 1.12 bits per heavy atom. The summed E-state index contributed by atoms with van der Waals surface area (Å²) in [5.74, 6) is 3.18. The molecule has 0 heterocycles. The van der Waals surface area contributed by atoms with E-state index in [1.54, 1.807) is 0 Å². The van der Waals surface area contributed by atoms with Gasteiger partial charge in [0.1, 0.15) is 0 Å². The van der Waals surface area contributed by atoms with E-state index in [1.165, 1.54) is 44.9 Å². The van der Waals surface area contributed by atoms with Crippen molar-refractivity contribution >= 4 is 0 Å². The Morgan fingerprint density at radius 3 is 2.12 bits per heavy atom. The Kier molecular flexibility index (Phi) is 3.20. The quantitative estimate of drug-likeness (QED) is 0.770. The molecule has 0 spiro atoms. The molecule has 1 unspecified atom stereocenters. The van der Waals surface area contributed by atoms with Gasteiger partial charge in [0.05, 0.1) is 6.61 Å². The fraction of sp³-hybridized carbons (Fsp3) is 1.00. The third-order valence-corrected chi connectivity index (χ3v) is 5.51. The molecule has 0 radical (unpaired) electrons. The highest BCUT2D eigenvalue weighted by Gasteiger charge is 2.50. The molecule has 2 nitrogen and oxygen atoms in total. The lowest BCUT2D eigenvalue weighted by Crippen LogP contribution is -2.48. The molecule has 0 aromatic rings. The molecule has 0 aromatic heterocycles. The molecular weight excluding hydrogens is 210 g/mol. The van der Waals surface area contributed by atoms with Gasteiger partial charge in [0.2, 0.25) is 0 Å². The van der Waals surface area contributed by atoms with Crippen molar-refractivity contribution in [2.24, 2.45) is 23.2 Å². The first-order valence-corrected chi connectivity index (χ1v) is 7.53. The second kappa shape index (κ2) is 4.55. The summed E-state index contributed by atoms with van der Waals surface area (Å²) in [5.41, 5.74) is 0.677. The molecule has 0 amide bonds. The second-order valence-electron chi connectivity index (χ2n) is 7.20. The average Bonchev–Trinajstić information content (AvgIpc) is 2.23. The van der Waals surface area contributed by atoms with E-state index < -0.39 is 0 Å². The third kappa shape index (κ3) is 2.39. The van der Waals surface area contributed by atoms with E-state index in [0.717, 1.165) is 24.3 Å². The minimum Gasteiger partial charge on any atom is -0.395 e. The van der Waals surface area contributed by atoms with Crippen molar-refractivity contribution < 1.29 is 5.11 Å². The van der Waals surface area contributed by atoms with Crippen LogP contribution < -0.4 is 5.32 Å². The maximum atomic E-state index is 8.88. The maximum absolute atomic E-state index is 8.88. The first kappa shape index (κ1) is 12.0. The number of aliphatic hydroxyl groups excluding tert-OH is 1. The van der Waals surface area contributed by atoms with Crippen LogP contribution >= 0.6 is 0 Å².